The molecule has 1 aromatic heterocycles. The molecule has 5 heteroatoms. The van der Waals surface area contributed by atoms with E-state index in [0.717, 1.165) is 29.4 Å². The molecule has 1 aliphatic rings. The van der Waals surface area contributed by atoms with Crippen LogP contribution in [0, 0.1) is 19.8 Å². The van der Waals surface area contributed by atoms with Crippen molar-refractivity contribution >= 4 is 33.3 Å². The zero-order chi connectivity index (χ0) is 27.8. The number of nitrogens with zero attached hydrogens (tertiary/aromatic N) is 1. The zero-order valence-corrected chi connectivity index (χ0v) is 23.9. The molecule has 0 aliphatic carbocycles. The molecule has 0 atom stereocenters. The van der Waals surface area contributed by atoms with E-state index in [1.807, 2.05) is 37.3 Å². The highest BCUT2D eigenvalue weighted by Gasteiger charge is 2.17. The highest BCUT2D eigenvalue weighted by Crippen LogP contribution is 2.20. The van der Waals surface area contributed by atoms with Gasteiger partial charge in [-0.05, 0) is 87.2 Å². The van der Waals surface area contributed by atoms with Crippen molar-refractivity contribution in [3.63, 3.8) is 0 Å². The van der Waals surface area contributed by atoms with Gasteiger partial charge in [0.25, 0.3) is 0 Å². The molecule has 0 saturated carbocycles. The molecule has 0 amide bonds. The number of nitrogens with two attached hydrogens (primary N) is 1. The van der Waals surface area contributed by atoms with E-state index in [2.05, 4.69) is 84.8 Å². The van der Waals surface area contributed by atoms with E-state index < -0.39 is 0 Å². The molecule has 1 saturated heterocycles. The highest BCUT2D eigenvalue weighted by atomic mass is 35.5. The van der Waals surface area contributed by atoms with Crippen molar-refractivity contribution in [2.45, 2.75) is 52.0 Å². The van der Waals surface area contributed by atoms with Crippen molar-refractivity contribution in [3.05, 3.63) is 89.1 Å². The first kappa shape index (κ1) is 31.3. The van der Waals surface area contributed by atoms with Gasteiger partial charge in [0, 0.05) is 24.0 Å². The lowest BCUT2D eigenvalue weighted by Gasteiger charge is -2.26. The maximum atomic E-state index is 5.88. The first-order valence-electron chi connectivity index (χ1n) is 13.4. The number of benzene rings is 3. The predicted molar refractivity (Wildman–Crippen MR) is 167 cm³/mol. The number of piperidine rings is 1. The molecular formula is C33H43ClN4. The smallest absolute Gasteiger partial charge is 0.132 e. The minimum atomic E-state index is 0.0851. The number of halogens is 1. The first-order chi connectivity index (χ1) is 18.4. The number of hydrogen-bond acceptors (Lipinski definition) is 4. The molecule has 0 bridgehead atoms. The normalized spacial score (nSPS) is 12.8. The van der Waals surface area contributed by atoms with E-state index in [1.54, 1.807) is 0 Å². The second kappa shape index (κ2) is 16.8. The topological polar surface area (TPSA) is 63.0 Å². The minimum absolute atomic E-state index is 0.0851. The summed E-state index contributed by atoms with van der Waals surface area (Å²) in [6.45, 7) is 10.4. The Hall–Kier alpha value is -2.94. The number of fused-ring (bicyclic) bond motifs is 2. The Morgan fingerprint density at radius 1 is 0.895 bits per heavy atom. The number of para-hydroxylation sites is 1. The summed E-state index contributed by atoms with van der Waals surface area (Å²) in [5.74, 6) is 0. The van der Waals surface area contributed by atoms with Gasteiger partial charge in [0.1, 0.15) is 5.15 Å². The van der Waals surface area contributed by atoms with Crippen LogP contribution in [0.3, 0.4) is 0 Å². The minimum Gasteiger partial charge on any atom is -0.329 e. The summed E-state index contributed by atoms with van der Waals surface area (Å²) in [5, 5.41) is 11.1. The average molecular weight is 531 g/mol. The van der Waals surface area contributed by atoms with E-state index in [9.17, 15) is 0 Å². The lowest BCUT2D eigenvalue weighted by Crippen LogP contribution is -2.43. The number of aryl methyl sites for hydroxylation is 1. The van der Waals surface area contributed by atoms with E-state index >= 15 is 0 Å². The maximum absolute atomic E-state index is 5.88. The molecular weight excluding hydrogens is 488 g/mol. The van der Waals surface area contributed by atoms with Gasteiger partial charge in [-0.2, -0.15) is 0 Å². The van der Waals surface area contributed by atoms with Crippen LogP contribution < -0.4 is 16.4 Å². The second-order valence-electron chi connectivity index (χ2n) is 10.1. The van der Waals surface area contributed by atoms with Gasteiger partial charge in [0.15, 0.2) is 0 Å². The summed E-state index contributed by atoms with van der Waals surface area (Å²) in [6.07, 6.45) is 13.2. The molecule has 202 valence electrons. The van der Waals surface area contributed by atoms with Crippen LogP contribution in [0.1, 0.15) is 44.2 Å². The zero-order valence-electron chi connectivity index (χ0n) is 23.1. The van der Waals surface area contributed by atoms with Crippen molar-refractivity contribution in [2.75, 3.05) is 26.2 Å². The molecule has 3 aromatic carbocycles. The number of hydrogen-bond donors (Lipinski definition) is 3. The SMILES string of the molecule is C#C.C1CCNCC1.CC(C)(Cc1ccc2ccccc2c1)NCCN.Cc1cc2ccccc2nc1Cl. The number of nitrogens with one attached hydrogen (secondary N) is 2. The Morgan fingerprint density at radius 2 is 1.53 bits per heavy atom. The summed E-state index contributed by atoms with van der Waals surface area (Å²) in [6, 6.07) is 25.2. The molecule has 0 unspecified atom stereocenters. The van der Waals surface area contributed by atoms with Gasteiger partial charge in [-0.15, -0.1) is 12.8 Å². The molecule has 4 nitrogen and oxygen atoms in total. The number of terminal acetylenes is 1. The van der Waals surface area contributed by atoms with E-state index in [-0.39, 0.29) is 5.54 Å². The number of pyridine rings is 1. The van der Waals surface area contributed by atoms with Crippen molar-refractivity contribution in [1.82, 2.24) is 15.6 Å². The highest BCUT2D eigenvalue weighted by molar-refractivity contribution is 6.30. The number of rotatable bonds is 5. The van der Waals surface area contributed by atoms with Crippen LogP contribution in [-0.4, -0.2) is 36.7 Å². The Morgan fingerprint density at radius 3 is 2.13 bits per heavy atom. The lowest BCUT2D eigenvalue weighted by atomic mass is 9.93. The van der Waals surface area contributed by atoms with Crippen LogP contribution in [0.4, 0.5) is 0 Å². The largest absolute Gasteiger partial charge is 0.329 e. The van der Waals surface area contributed by atoms with E-state index in [1.165, 1.54) is 48.7 Å². The van der Waals surface area contributed by atoms with Crippen LogP contribution in [0.25, 0.3) is 21.7 Å². The Labute approximate surface area is 234 Å². The van der Waals surface area contributed by atoms with Crippen LogP contribution in [0.2, 0.25) is 5.15 Å². The van der Waals surface area contributed by atoms with Crippen molar-refractivity contribution in [3.8, 4) is 12.8 Å². The molecule has 2 heterocycles. The monoisotopic (exact) mass is 530 g/mol. The Kier molecular flexibility index (Phi) is 13.8. The Balaban J connectivity index is 0.000000216. The standard InChI is InChI=1S/C16H22N2.C10H8ClN.C5H11N.C2H2/c1-16(2,18-10-9-17)12-13-7-8-14-5-3-4-6-15(14)11-13;1-7-6-8-4-2-3-5-9(8)12-10(7)11;1-2-4-6-5-3-1;1-2/h3-8,11,18H,9-10,12,17H2,1-2H3;2-6H,1H3;6H,1-5H2;1-2H. The van der Waals surface area contributed by atoms with Gasteiger partial charge in [-0.3, -0.25) is 0 Å². The third kappa shape index (κ3) is 10.8. The second-order valence-corrected chi connectivity index (χ2v) is 10.4. The van der Waals surface area contributed by atoms with Crippen LogP contribution in [0.5, 0.6) is 0 Å². The summed E-state index contributed by atoms with van der Waals surface area (Å²) in [4.78, 5) is 4.24. The third-order valence-corrected chi connectivity index (χ3v) is 6.65. The van der Waals surface area contributed by atoms with Crippen LogP contribution in [0.15, 0.2) is 72.8 Å². The predicted octanol–water partition coefficient (Wildman–Crippen LogP) is 6.92. The fourth-order valence-corrected chi connectivity index (χ4v) is 4.48. The van der Waals surface area contributed by atoms with Gasteiger partial charge in [0.05, 0.1) is 5.52 Å². The lowest BCUT2D eigenvalue weighted by molar-refractivity contribution is 0.392. The van der Waals surface area contributed by atoms with Crippen molar-refractivity contribution in [1.29, 1.82) is 0 Å². The van der Waals surface area contributed by atoms with Crippen LogP contribution >= 0.6 is 11.6 Å². The molecule has 0 radical (unpaired) electrons. The summed E-state index contributed by atoms with van der Waals surface area (Å²) in [5.41, 5.74) is 8.97. The molecule has 1 fully saturated rings. The van der Waals surface area contributed by atoms with Crippen molar-refractivity contribution < 1.29 is 0 Å². The van der Waals surface area contributed by atoms with Crippen LogP contribution in [-0.2, 0) is 6.42 Å². The van der Waals surface area contributed by atoms with Gasteiger partial charge in [-0.1, -0.05) is 78.7 Å². The Bertz CT molecular complexity index is 1210. The third-order valence-electron chi connectivity index (χ3n) is 6.27. The maximum Gasteiger partial charge on any atom is 0.132 e. The summed E-state index contributed by atoms with van der Waals surface area (Å²) >= 11 is 5.88. The van der Waals surface area contributed by atoms with Gasteiger partial charge in [0.2, 0.25) is 0 Å². The molecule has 0 spiro atoms. The fourth-order valence-electron chi connectivity index (χ4n) is 4.33. The summed E-state index contributed by atoms with van der Waals surface area (Å²) in [7, 11) is 0. The molecule has 4 aromatic rings. The quantitative estimate of drug-likeness (QED) is 0.194. The van der Waals surface area contributed by atoms with E-state index in [4.69, 9.17) is 17.3 Å². The van der Waals surface area contributed by atoms with Gasteiger partial charge < -0.3 is 16.4 Å². The van der Waals surface area contributed by atoms with Crippen molar-refractivity contribution in [2.24, 2.45) is 5.73 Å². The average Bonchev–Trinajstić information content (AvgIpc) is 2.95. The molecule has 5 rings (SSSR count). The van der Waals surface area contributed by atoms with E-state index in [0.29, 0.717) is 11.7 Å². The molecule has 38 heavy (non-hydrogen) atoms. The fraction of sp³-hybridized carbons (Fsp3) is 0.364. The summed E-state index contributed by atoms with van der Waals surface area (Å²) < 4.78 is 0. The number of aromatic nitrogens is 1. The van der Waals surface area contributed by atoms with Gasteiger partial charge in [-0.25, -0.2) is 4.98 Å². The molecule has 4 N–H and O–H groups in total. The first-order valence-corrected chi connectivity index (χ1v) is 13.7. The van der Waals surface area contributed by atoms with Gasteiger partial charge >= 0.3 is 0 Å². The molecule has 1 aliphatic heterocycles.